The van der Waals surface area contributed by atoms with Gasteiger partial charge in [-0.1, -0.05) is 52.3 Å². The second-order valence-corrected chi connectivity index (χ2v) is 9.66. The average molecular weight is 347 g/mol. The van der Waals surface area contributed by atoms with Crippen LogP contribution in [0.25, 0.3) is 0 Å². The Hall–Kier alpha value is -0.820. The van der Waals surface area contributed by atoms with Crippen LogP contribution in [0, 0.1) is 35.0 Å². The van der Waals surface area contributed by atoms with E-state index in [0.29, 0.717) is 17.3 Å². The quantitative estimate of drug-likeness (QED) is 0.551. The fourth-order valence-corrected chi connectivity index (χ4v) is 6.11. The second kappa shape index (κ2) is 6.48. The molecule has 0 aromatic heterocycles. The van der Waals surface area contributed by atoms with Crippen molar-refractivity contribution in [1.29, 1.82) is 0 Å². The molecule has 0 N–H and O–H groups in total. The average Bonchev–Trinajstić information content (AvgIpc) is 2.53. The van der Waals surface area contributed by atoms with Crippen molar-refractivity contribution >= 4 is 17.9 Å². The number of benzene rings is 1. The predicted octanol–water partition coefficient (Wildman–Crippen LogP) is 6.60. The Kier molecular flexibility index (Phi) is 4.86. The molecule has 1 aromatic carbocycles. The minimum atomic E-state index is 0.435. The topological polar surface area (TPSA) is 17.1 Å². The minimum Gasteiger partial charge on any atom is -0.298 e. The fourth-order valence-electron chi connectivity index (χ4n) is 5.85. The van der Waals surface area contributed by atoms with Crippen molar-refractivity contribution in [2.45, 2.75) is 59.8 Å². The van der Waals surface area contributed by atoms with Gasteiger partial charge in [0.25, 0.3) is 0 Å². The van der Waals surface area contributed by atoms with Crippen molar-refractivity contribution < 1.29 is 4.79 Å². The zero-order valence-electron chi connectivity index (χ0n) is 15.7. The van der Waals surface area contributed by atoms with Gasteiger partial charge in [-0.3, -0.25) is 4.79 Å². The van der Waals surface area contributed by atoms with Crippen LogP contribution >= 0.6 is 11.6 Å². The largest absolute Gasteiger partial charge is 0.298 e. The normalized spacial score (nSPS) is 38.4. The van der Waals surface area contributed by atoms with Crippen LogP contribution in [0.15, 0.2) is 18.2 Å². The minimum absolute atomic E-state index is 0.435. The Labute approximate surface area is 152 Å². The van der Waals surface area contributed by atoms with E-state index in [0.717, 1.165) is 40.5 Å². The highest BCUT2D eigenvalue weighted by molar-refractivity contribution is 6.31. The summed E-state index contributed by atoms with van der Waals surface area (Å²) in [7, 11) is 0. The van der Waals surface area contributed by atoms with Crippen molar-refractivity contribution in [3.8, 4) is 0 Å². The summed E-state index contributed by atoms with van der Waals surface area (Å²) >= 11 is 6.53. The second-order valence-electron chi connectivity index (χ2n) is 9.25. The lowest BCUT2D eigenvalue weighted by Gasteiger charge is -2.55. The molecule has 1 aromatic rings. The van der Waals surface area contributed by atoms with Gasteiger partial charge in [0.1, 0.15) is 6.29 Å². The molecule has 2 heteroatoms. The lowest BCUT2D eigenvalue weighted by atomic mass is 9.50. The first-order valence-corrected chi connectivity index (χ1v) is 9.87. The van der Waals surface area contributed by atoms with Gasteiger partial charge in [-0.25, -0.2) is 0 Å². The molecule has 6 unspecified atom stereocenters. The summed E-state index contributed by atoms with van der Waals surface area (Å²) in [5, 5.41) is 0.826. The molecule has 0 radical (unpaired) electrons. The first kappa shape index (κ1) is 18.0. The van der Waals surface area contributed by atoms with Crippen LogP contribution in [-0.2, 0) is 0 Å². The molecule has 0 heterocycles. The van der Waals surface area contributed by atoms with Crippen LogP contribution in [0.4, 0.5) is 0 Å². The molecule has 2 saturated carbocycles. The van der Waals surface area contributed by atoms with E-state index in [-0.39, 0.29) is 0 Å². The molecule has 1 nitrogen and oxygen atoms in total. The number of halogens is 1. The molecule has 2 aliphatic rings. The van der Waals surface area contributed by atoms with Crippen LogP contribution < -0.4 is 0 Å². The van der Waals surface area contributed by atoms with Crippen LogP contribution in [0.2, 0.25) is 5.02 Å². The van der Waals surface area contributed by atoms with E-state index in [4.69, 9.17) is 11.6 Å². The summed E-state index contributed by atoms with van der Waals surface area (Å²) in [5.41, 5.74) is 2.37. The zero-order chi connectivity index (χ0) is 17.6. The fraction of sp³-hybridized carbons (Fsp3) is 0.682. The highest BCUT2D eigenvalue weighted by Crippen LogP contribution is 2.58. The van der Waals surface area contributed by atoms with Gasteiger partial charge in [0.05, 0.1) is 0 Å². The summed E-state index contributed by atoms with van der Waals surface area (Å²) in [6, 6.07) is 5.75. The molecule has 0 bridgehead atoms. The van der Waals surface area contributed by atoms with Gasteiger partial charge < -0.3 is 0 Å². The molecular formula is C22H31ClO. The van der Waals surface area contributed by atoms with Gasteiger partial charge in [-0.05, 0) is 77.9 Å². The van der Waals surface area contributed by atoms with E-state index in [9.17, 15) is 4.79 Å². The van der Waals surface area contributed by atoms with Gasteiger partial charge in [0.15, 0.2) is 0 Å². The van der Waals surface area contributed by atoms with E-state index in [1.807, 2.05) is 18.2 Å². The standard InChI is InChI=1S/C22H31ClO/c1-13-8-20-18(15(3)14(2)11-22(20,4)5)10-17(13)19-9-16(12-24)6-7-21(19)23/h6-7,9,12-15,17-18,20H,8,10-11H2,1-5H3. The van der Waals surface area contributed by atoms with Gasteiger partial charge in [0.2, 0.25) is 0 Å². The highest BCUT2D eigenvalue weighted by atomic mass is 35.5. The van der Waals surface area contributed by atoms with E-state index in [1.54, 1.807) is 0 Å². The Morgan fingerprint density at radius 2 is 1.83 bits per heavy atom. The maximum atomic E-state index is 11.2. The van der Waals surface area contributed by atoms with Crippen molar-refractivity contribution in [1.82, 2.24) is 0 Å². The van der Waals surface area contributed by atoms with Crippen LogP contribution in [0.3, 0.4) is 0 Å². The van der Waals surface area contributed by atoms with E-state index in [1.165, 1.54) is 24.8 Å². The summed E-state index contributed by atoms with van der Waals surface area (Å²) in [6.07, 6.45) is 4.77. The third-order valence-corrected chi connectivity index (χ3v) is 7.68. The molecule has 3 rings (SSSR count). The first-order valence-electron chi connectivity index (χ1n) is 9.49. The summed E-state index contributed by atoms with van der Waals surface area (Å²) in [6.45, 7) is 12.2. The number of fused-ring (bicyclic) bond motifs is 1. The van der Waals surface area contributed by atoms with E-state index >= 15 is 0 Å². The Balaban J connectivity index is 1.94. The summed E-state index contributed by atoms with van der Waals surface area (Å²) < 4.78 is 0. The molecule has 24 heavy (non-hydrogen) atoms. The van der Waals surface area contributed by atoms with Crippen molar-refractivity contribution in [2.24, 2.45) is 35.0 Å². The predicted molar refractivity (Wildman–Crippen MR) is 102 cm³/mol. The van der Waals surface area contributed by atoms with Gasteiger partial charge in [-0.2, -0.15) is 0 Å². The molecule has 0 amide bonds. The molecule has 2 aliphatic carbocycles. The first-order chi connectivity index (χ1) is 11.2. The third-order valence-electron chi connectivity index (χ3n) is 7.34. The van der Waals surface area contributed by atoms with Gasteiger partial charge in [0, 0.05) is 10.6 Å². The molecule has 2 fully saturated rings. The highest BCUT2D eigenvalue weighted by Gasteiger charge is 2.49. The number of hydrogen-bond donors (Lipinski definition) is 0. The summed E-state index contributed by atoms with van der Waals surface area (Å²) in [4.78, 5) is 11.2. The molecule has 132 valence electrons. The summed E-state index contributed by atoms with van der Waals surface area (Å²) in [5.74, 6) is 4.22. The van der Waals surface area contributed by atoms with Gasteiger partial charge in [-0.15, -0.1) is 0 Å². The number of aldehydes is 1. The number of hydrogen-bond acceptors (Lipinski definition) is 1. The Bertz CT molecular complexity index is 620. The number of carbonyl (C=O) groups excluding carboxylic acids is 1. The third kappa shape index (κ3) is 3.05. The zero-order valence-corrected chi connectivity index (χ0v) is 16.4. The maximum Gasteiger partial charge on any atom is 0.150 e. The van der Waals surface area contributed by atoms with Crippen LogP contribution in [-0.4, -0.2) is 6.29 Å². The Morgan fingerprint density at radius 1 is 1.12 bits per heavy atom. The molecule has 0 spiro atoms. The smallest absolute Gasteiger partial charge is 0.150 e. The van der Waals surface area contributed by atoms with Gasteiger partial charge >= 0.3 is 0 Å². The lowest BCUT2D eigenvalue weighted by Crippen LogP contribution is -2.47. The molecule has 6 atom stereocenters. The Morgan fingerprint density at radius 3 is 2.50 bits per heavy atom. The van der Waals surface area contributed by atoms with Crippen LogP contribution in [0.5, 0.6) is 0 Å². The number of carbonyl (C=O) groups is 1. The van der Waals surface area contributed by atoms with Crippen molar-refractivity contribution in [2.75, 3.05) is 0 Å². The SMILES string of the molecule is CC1CC2C(CC1c1cc(C=O)ccc1Cl)C(C)C(C)CC2(C)C. The molecule has 0 aliphatic heterocycles. The molecule has 0 saturated heterocycles. The maximum absolute atomic E-state index is 11.2. The molecular weight excluding hydrogens is 316 g/mol. The number of rotatable bonds is 2. The van der Waals surface area contributed by atoms with Crippen molar-refractivity contribution in [3.05, 3.63) is 34.3 Å². The van der Waals surface area contributed by atoms with E-state index < -0.39 is 0 Å². The lowest BCUT2D eigenvalue weighted by molar-refractivity contribution is -0.0476. The van der Waals surface area contributed by atoms with Crippen molar-refractivity contribution in [3.63, 3.8) is 0 Å². The van der Waals surface area contributed by atoms with Crippen LogP contribution in [0.1, 0.15) is 75.7 Å². The monoisotopic (exact) mass is 346 g/mol. The van der Waals surface area contributed by atoms with E-state index in [2.05, 4.69) is 34.6 Å².